The molecule has 2 aromatic rings. The van der Waals surface area contributed by atoms with Crippen molar-refractivity contribution in [2.45, 2.75) is 26.1 Å². The Morgan fingerprint density at radius 3 is 3.16 bits per heavy atom. The van der Waals surface area contributed by atoms with Crippen LogP contribution >= 0.6 is 0 Å². The third-order valence-corrected chi connectivity index (χ3v) is 4.31. The number of benzene rings is 1. The maximum Gasteiger partial charge on any atom is 0.414 e. The van der Waals surface area contributed by atoms with Crippen molar-refractivity contribution in [2.75, 3.05) is 18.0 Å². The topological polar surface area (TPSA) is 85.7 Å². The summed E-state index contributed by atoms with van der Waals surface area (Å²) in [7, 11) is 0. The molecular formula is C17H18N4O4. The highest BCUT2D eigenvalue weighted by molar-refractivity contribution is 5.90. The van der Waals surface area contributed by atoms with Crippen LogP contribution in [-0.2, 0) is 16.1 Å². The number of nitrogens with one attached hydrogen (secondary N) is 1. The number of anilines is 1. The molecule has 8 nitrogen and oxygen atoms in total. The summed E-state index contributed by atoms with van der Waals surface area (Å²) in [5.74, 6) is 1.47. The van der Waals surface area contributed by atoms with E-state index in [0.29, 0.717) is 37.6 Å². The van der Waals surface area contributed by atoms with Crippen molar-refractivity contribution in [3.05, 3.63) is 36.4 Å². The number of ether oxygens (including phenoxy) is 2. The van der Waals surface area contributed by atoms with Crippen LogP contribution < -0.4 is 15.0 Å². The first-order valence-electron chi connectivity index (χ1n) is 8.20. The molecule has 8 heteroatoms. The summed E-state index contributed by atoms with van der Waals surface area (Å²) in [5.41, 5.74) is 1.60. The second kappa shape index (κ2) is 6.12. The zero-order valence-electron chi connectivity index (χ0n) is 13.8. The van der Waals surface area contributed by atoms with Crippen molar-refractivity contribution < 1.29 is 19.1 Å². The molecule has 2 amide bonds. The number of rotatable bonds is 4. The molecule has 2 aliphatic heterocycles. The van der Waals surface area contributed by atoms with Crippen molar-refractivity contribution >= 4 is 17.7 Å². The highest BCUT2D eigenvalue weighted by atomic mass is 16.6. The van der Waals surface area contributed by atoms with E-state index in [0.717, 1.165) is 11.5 Å². The Bertz CT molecular complexity index is 832. The molecule has 0 aliphatic carbocycles. The number of hydrogen-bond acceptors (Lipinski definition) is 5. The number of nitrogens with zero attached hydrogens (tertiary/aromatic N) is 3. The fourth-order valence-electron chi connectivity index (χ4n) is 2.98. The third kappa shape index (κ3) is 2.79. The number of imidazole rings is 1. The number of carbonyl (C=O) groups is 2. The van der Waals surface area contributed by atoms with Gasteiger partial charge in [-0.15, -0.1) is 0 Å². The molecule has 0 unspecified atom stereocenters. The molecule has 1 saturated heterocycles. The lowest BCUT2D eigenvalue weighted by Crippen LogP contribution is -2.34. The average molecular weight is 342 g/mol. The summed E-state index contributed by atoms with van der Waals surface area (Å²) >= 11 is 0. The molecule has 1 atom stereocenters. The van der Waals surface area contributed by atoms with E-state index in [4.69, 9.17) is 9.47 Å². The van der Waals surface area contributed by atoms with Crippen LogP contribution in [0, 0.1) is 0 Å². The van der Waals surface area contributed by atoms with Crippen LogP contribution in [-0.4, -0.2) is 40.7 Å². The van der Waals surface area contributed by atoms with E-state index in [-0.39, 0.29) is 12.0 Å². The Morgan fingerprint density at radius 2 is 2.32 bits per heavy atom. The number of cyclic esters (lactones) is 1. The molecule has 2 aliphatic rings. The van der Waals surface area contributed by atoms with Crippen molar-refractivity contribution in [1.29, 1.82) is 0 Å². The fourth-order valence-corrected chi connectivity index (χ4v) is 2.98. The standard InChI is InChI=1S/C17H18N4O4/c1-2-16(22)19-8-12-9-21(17(23)25-12)11-3-4-13-14(7-11)24-10-15-18-5-6-20(13)15/h3-7,12H,2,8-10H2,1H3,(H,19,22)/t12-/m0/s1. The van der Waals surface area contributed by atoms with E-state index in [1.165, 1.54) is 0 Å². The first-order valence-corrected chi connectivity index (χ1v) is 8.20. The normalized spacial score (nSPS) is 18.2. The summed E-state index contributed by atoms with van der Waals surface area (Å²) in [4.78, 5) is 29.3. The monoisotopic (exact) mass is 342 g/mol. The molecule has 3 heterocycles. The Hall–Kier alpha value is -3.03. The number of hydrogen-bond donors (Lipinski definition) is 1. The molecule has 0 saturated carbocycles. The summed E-state index contributed by atoms with van der Waals surface area (Å²) in [6.45, 7) is 2.87. The molecule has 0 radical (unpaired) electrons. The van der Waals surface area contributed by atoms with Gasteiger partial charge in [0.25, 0.3) is 0 Å². The lowest BCUT2D eigenvalue weighted by molar-refractivity contribution is -0.121. The summed E-state index contributed by atoms with van der Waals surface area (Å²) in [6.07, 6.45) is 3.24. The lowest BCUT2D eigenvalue weighted by Gasteiger charge is -2.22. The highest BCUT2D eigenvalue weighted by Gasteiger charge is 2.33. The predicted octanol–water partition coefficient (Wildman–Crippen LogP) is 1.62. The van der Waals surface area contributed by atoms with E-state index in [9.17, 15) is 9.59 Å². The molecule has 1 aromatic carbocycles. The van der Waals surface area contributed by atoms with Crippen LogP contribution in [0.5, 0.6) is 5.75 Å². The van der Waals surface area contributed by atoms with Crippen LogP contribution in [0.25, 0.3) is 5.69 Å². The molecule has 1 aromatic heterocycles. The van der Waals surface area contributed by atoms with Crippen LogP contribution in [0.2, 0.25) is 0 Å². The first-order chi connectivity index (χ1) is 12.2. The Labute approximate surface area is 144 Å². The molecule has 0 bridgehead atoms. The predicted molar refractivity (Wildman–Crippen MR) is 88.8 cm³/mol. The van der Waals surface area contributed by atoms with Crippen LogP contribution in [0.3, 0.4) is 0 Å². The van der Waals surface area contributed by atoms with Gasteiger partial charge in [0.2, 0.25) is 5.91 Å². The van der Waals surface area contributed by atoms with Gasteiger partial charge in [0.05, 0.1) is 24.5 Å². The van der Waals surface area contributed by atoms with Crippen LogP contribution in [0.15, 0.2) is 30.6 Å². The van der Waals surface area contributed by atoms with E-state index >= 15 is 0 Å². The number of amides is 2. The molecule has 130 valence electrons. The van der Waals surface area contributed by atoms with Crippen LogP contribution in [0.4, 0.5) is 10.5 Å². The van der Waals surface area contributed by atoms with Gasteiger partial charge in [-0.1, -0.05) is 6.92 Å². The molecule has 4 rings (SSSR count). The summed E-state index contributed by atoms with van der Waals surface area (Å²) in [6, 6.07) is 5.58. The Kier molecular flexibility index (Phi) is 3.79. The smallest absolute Gasteiger partial charge is 0.414 e. The third-order valence-electron chi connectivity index (χ3n) is 4.31. The summed E-state index contributed by atoms with van der Waals surface area (Å²) < 4.78 is 13.0. The minimum absolute atomic E-state index is 0.0622. The van der Waals surface area contributed by atoms with Gasteiger partial charge in [0.15, 0.2) is 5.82 Å². The number of aromatic nitrogens is 2. The van der Waals surface area contributed by atoms with Gasteiger partial charge in [-0.25, -0.2) is 9.78 Å². The van der Waals surface area contributed by atoms with Crippen molar-refractivity contribution in [2.24, 2.45) is 0 Å². The van der Waals surface area contributed by atoms with Gasteiger partial charge in [-0.2, -0.15) is 0 Å². The van der Waals surface area contributed by atoms with Gasteiger partial charge >= 0.3 is 6.09 Å². The fraction of sp³-hybridized carbons (Fsp3) is 0.353. The Morgan fingerprint density at radius 1 is 1.44 bits per heavy atom. The van der Waals surface area contributed by atoms with E-state index in [1.807, 2.05) is 29.0 Å². The van der Waals surface area contributed by atoms with Gasteiger partial charge in [-0.3, -0.25) is 14.3 Å². The molecule has 25 heavy (non-hydrogen) atoms. The molecule has 1 fully saturated rings. The zero-order valence-corrected chi connectivity index (χ0v) is 13.8. The maximum absolute atomic E-state index is 12.2. The highest BCUT2D eigenvalue weighted by Crippen LogP contribution is 2.34. The average Bonchev–Trinajstić information content (AvgIpc) is 3.25. The van der Waals surface area contributed by atoms with E-state index in [2.05, 4.69) is 10.3 Å². The number of fused-ring (bicyclic) bond motifs is 3. The van der Waals surface area contributed by atoms with Crippen LogP contribution in [0.1, 0.15) is 19.2 Å². The second-order valence-electron chi connectivity index (χ2n) is 5.93. The SMILES string of the molecule is CCC(=O)NC[C@H]1CN(c2ccc3c(c2)OCc2nccn2-3)C(=O)O1. The van der Waals surface area contributed by atoms with Gasteiger partial charge in [0.1, 0.15) is 18.5 Å². The van der Waals surface area contributed by atoms with Gasteiger partial charge in [0, 0.05) is 24.9 Å². The van der Waals surface area contributed by atoms with Crippen molar-refractivity contribution in [3.63, 3.8) is 0 Å². The van der Waals surface area contributed by atoms with E-state index in [1.54, 1.807) is 18.0 Å². The zero-order chi connectivity index (χ0) is 17.4. The minimum Gasteiger partial charge on any atom is -0.483 e. The maximum atomic E-state index is 12.2. The second-order valence-corrected chi connectivity index (χ2v) is 5.93. The van der Waals surface area contributed by atoms with E-state index < -0.39 is 6.09 Å². The quantitative estimate of drug-likeness (QED) is 0.912. The lowest BCUT2D eigenvalue weighted by atomic mass is 10.2. The largest absolute Gasteiger partial charge is 0.483 e. The van der Waals surface area contributed by atoms with Gasteiger partial charge in [-0.05, 0) is 12.1 Å². The van der Waals surface area contributed by atoms with Crippen molar-refractivity contribution in [3.8, 4) is 11.4 Å². The minimum atomic E-state index is -0.421. The summed E-state index contributed by atoms with van der Waals surface area (Å²) in [5, 5.41) is 2.75. The molecule has 1 N–H and O–H groups in total. The Balaban J connectivity index is 1.51. The molecule has 0 spiro atoms. The van der Waals surface area contributed by atoms with Gasteiger partial charge < -0.3 is 14.8 Å². The first kappa shape index (κ1) is 15.5. The number of carbonyl (C=O) groups excluding carboxylic acids is 2. The molecular weight excluding hydrogens is 324 g/mol. The van der Waals surface area contributed by atoms with Crippen molar-refractivity contribution in [1.82, 2.24) is 14.9 Å².